The third-order valence-electron chi connectivity index (χ3n) is 5.18. The summed E-state index contributed by atoms with van der Waals surface area (Å²) in [5, 5.41) is 6.12. The van der Waals surface area contributed by atoms with Crippen molar-refractivity contribution in [1.29, 1.82) is 0 Å². The number of alkyl halides is 1. The second-order valence-electron chi connectivity index (χ2n) is 7.38. The highest BCUT2D eigenvalue weighted by atomic mass is 19.1. The van der Waals surface area contributed by atoms with Crippen molar-refractivity contribution in [1.82, 2.24) is 15.2 Å². The van der Waals surface area contributed by atoms with Gasteiger partial charge in [-0.25, -0.2) is 9.37 Å². The van der Waals surface area contributed by atoms with Crippen LogP contribution in [-0.2, 0) is 27.1 Å². The second kappa shape index (κ2) is 15.1. The maximum atomic E-state index is 14.1. The minimum Gasteiger partial charge on any atom is -0.468 e. The van der Waals surface area contributed by atoms with Crippen LogP contribution in [0.2, 0.25) is 0 Å². The van der Waals surface area contributed by atoms with Crippen molar-refractivity contribution >= 4 is 11.8 Å². The van der Waals surface area contributed by atoms with E-state index >= 15 is 0 Å². The van der Waals surface area contributed by atoms with Gasteiger partial charge in [-0.3, -0.25) is 4.79 Å². The summed E-state index contributed by atoms with van der Waals surface area (Å²) in [5.41, 5.74) is 2.27. The van der Waals surface area contributed by atoms with E-state index in [1.807, 2.05) is 7.05 Å². The van der Waals surface area contributed by atoms with Gasteiger partial charge in [-0.15, -0.1) is 0 Å². The van der Waals surface area contributed by atoms with Crippen LogP contribution in [0.1, 0.15) is 37.4 Å². The van der Waals surface area contributed by atoms with Crippen LogP contribution in [0.25, 0.3) is 0 Å². The molecule has 0 aromatic carbocycles. The van der Waals surface area contributed by atoms with Crippen molar-refractivity contribution in [3.8, 4) is 0 Å². The maximum Gasteiger partial charge on any atom is 0.322 e. The van der Waals surface area contributed by atoms with Crippen LogP contribution in [0.3, 0.4) is 0 Å². The number of nitrogens with zero attached hydrogens (tertiary/aromatic N) is 2. The number of anilines is 1. The third-order valence-corrected chi connectivity index (χ3v) is 5.18. The lowest BCUT2D eigenvalue weighted by Crippen LogP contribution is -2.41. The maximum absolute atomic E-state index is 14.1. The number of hydrogen-bond donors (Lipinski definition) is 2. The first-order valence-corrected chi connectivity index (χ1v) is 10.8. The first kappa shape index (κ1) is 26.3. The Kier molecular flexibility index (Phi) is 13.2. The van der Waals surface area contributed by atoms with Gasteiger partial charge in [-0.2, -0.15) is 0 Å². The van der Waals surface area contributed by atoms with Gasteiger partial charge in [0.05, 0.1) is 13.7 Å². The number of methoxy groups -OCH3 is 2. The molecular weight excluding hydrogens is 387 g/mol. The quantitative estimate of drug-likeness (QED) is 0.311. The van der Waals surface area contributed by atoms with Gasteiger partial charge in [-0.05, 0) is 57.3 Å². The van der Waals surface area contributed by atoms with Gasteiger partial charge in [0.2, 0.25) is 0 Å². The zero-order valence-electron chi connectivity index (χ0n) is 19.2. The number of pyridine rings is 1. The zero-order valence-corrected chi connectivity index (χ0v) is 19.2. The normalized spacial score (nSPS) is 13.3. The Hall–Kier alpha value is -1.77. The van der Waals surface area contributed by atoms with Crippen molar-refractivity contribution in [2.24, 2.45) is 0 Å². The molecule has 2 unspecified atom stereocenters. The van der Waals surface area contributed by atoms with Crippen LogP contribution in [0.5, 0.6) is 0 Å². The number of hydrogen-bond acceptors (Lipinski definition) is 7. The summed E-state index contributed by atoms with van der Waals surface area (Å²) in [7, 11) is 6.50. The summed E-state index contributed by atoms with van der Waals surface area (Å²) >= 11 is 0. The van der Waals surface area contributed by atoms with E-state index in [4.69, 9.17) is 9.47 Å². The molecule has 1 rings (SSSR count). The molecule has 0 amide bonds. The Labute approximate surface area is 180 Å². The van der Waals surface area contributed by atoms with Gasteiger partial charge in [0, 0.05) is 32.9 Å². The molecular formula is C22H39FN4O3. The highest BCUT2D eigenvalue weighted by Crippen LogP contribution is 2.15. The number of carbonyl (C=O) groups is 1. The fraction of sp³-hybridized carbons (Fsp3) is 0.727. The number of halogens is 1. The SMILES string of the molecule is CCc1ccc(CCCCN(CCC(NC)C(=O)OC)CC(F)COC)nc1NC. The lowest BCUT2D eigenvalue weighted by Gasteiger charge is -2.25. The van der Waals surface area contributed by atoms with Gasteiger partial charge in [0.15, 0.2) is 0 Å². The third kappa shape index (κ3) is 9.36. The minimum atomic E-state index is -1.05. The number of unbranched alkanes of at least 4 members (excludes halogenated alkanes) is 1. The number of nitrogens with one attached hydrogen (secondary N) is 2. The lowest BCUT2D eigenvalue weighted by molar-refractivity contribution is -0.143. The molecule has 0 saturated heterocycles. The molecule has 0 aliphatic rings. The second-order valence-corrected chi connectivity index (χ2v) is 7.38. The van der Waals surface area contributed by atoms with E-state index in [0.717, 1.165) is 43.7 Å². The summed E-state index contributed by atoms with van der Waals surface area (Å²) < 4.78 is 23.9. The Morgan fingerprint density at radius 2 is 2.00 bits per heavy atom. The number of aryl methyl sites for hydroxylation is 2. The van der Waals surface area contributed by atoms with Crippen LogP contribution >= 0.6 is 0 Å². The largest absolute Gasteiger partial charge is 0.468 e. The summed E-state index contributed by atoms with van der Waals surface area (Å²) in [6.07, 6.45) is 3.23. The first-order chi connectivity index (χ1) is 14.5. The molecule has 7 nitrogen and oxygen atoms in total. The van der Waals surface area contributed by atoms with Crippen molar-refractivity contribution in [3.05, 3.63) is 23.4 Å². The predicted molar refractivity (Wildman–Crippen MR) is 119 cm³/mol. The number of esters is 1. The van der Waals surface area contributed by atoms with E-state index in [0.29, 0.717) is 19.5 Å². The topological polar surface area (TPSA) is 75.7 Å². The standard InChI is InChI=1S/C22H39FN4O3/c1-6-17-10-11-19(26-21(17)25-3)9-7-8-13-27(15-18(23)16-29-4)14-12-20(24-2)22(28)30-5/h10-11,18,20,24H,6-9,12-16H2,1-5H3,(H,25,26). The van der Waals surface area contributed by atoms with Gasteiger partial charge >= 0.3 is 5.97 Å². The minimum absolute atomic E-state index is 0.0729. The molecule has 30 heavy (non-hydrogen) atoms. The molecule has 1 aromatic rings. The van der Waals surface area contributed by atoms with Gasteiger partial charge in [0.1, 0.15) is 18.0 Å². The van der Waals surface area contributed by atoms with Crippen molar-refractivity contribution < 1.29 is 18.7 Å². The molecule has 0 aliphatic heterocycles. The zero-order chi connectivity index (χ0) is 22.4. The van der Waals surface area contributed by atoms with Gasteiger partial charge < -0.3 is 25.0 Å². The molecule has 0 bridgehead atoms. The Balaban J connectivity index is 2.56. The fourth-order valence-corrected chi connectivity index (χ4v) is 3.45. The summed E-state index contributed by atoms with van der Waals surface area (Å²) in [6, 6.07) is 3.82. The highest BCUT2D eigenvalue weighted by Gasteiger charge is 2.20. The molecule has 0 fully saturated rings. The van der Waals surface area contributed by atoms with Crippen molar-refractivity contribution in [2.45, 2.75) is 51.2 Å². The number of likely N-dealkylation sites (N-methyl/N-ethyl adjacent to an activating group) is 1. The summed E-state index contributed by atoms with van der Waals surface area (Å²) in [4.78, 5) is 18.5. The summed E-state index contributed by atoms with van der Waals surface area (Å²) in [6.45, 7) is 3.85. The monoisotopic (exact) mass is 426 g/mol. The van der Waals surface area contributed by atoms with E-state index in [1.54, 1.807) is 7.05 Å². The van der Waals surface area contributed by atoms with E-state index in [2.05, 4.69) is 39.6 Å². The van der Waals surface area contributed by atoms with E-state index in [1.165, 1.54) is 19.8 Å². The van der Waals surface area contributed by atoms with Crippen molar-refractivity contribution in [3.63, 3.8) is 0 Å². The van der Waals surface area contributed by atoms with Gasteiger partial charge in [0.25, 0.3) is 0 Å². The van der Waals surface area contributed by atoms with Crippen LogP contribution in [0.4, 0.5) is 10.2 Å². The molecule has 0 radical (unpaired) electrons. The van der Waals surface area contributed by atoms with Crippen molar-refractivity contribution in [2.75, 3.05) is 59.9 Å². The Bertz CT molecular complexity index is 618. The van der Waals surface area contributed by atoms with Gasteiger partial charge in [-0.1, -0.05) is 13.0 Å². The van der Waals surface area contributed by atoms with Crippen LogP contribution in [-0.4, -0.2) is 82.6 Å². The Morgan fingerprint density at radius 1 is 1.23 bits per heavy atom. The van der Waals surface area contributed by atoms with Crippen LogP contribution in [0, 0.1) is 0 Å². The predicted octanol–water partition coefficient (Wildman–Crippen LogP) is 2.45. The van der Waals surface area contributed by atoms with E-state index in [-0.39, 0.29) is 18.6 Å². The molecule has 1 heterocycles. The molecule has 0 aliphatic carbocycles. The average Bonchev–Trinajstić information content (AvgIpc) is 2.76. The number of aromatic nitrogens is 1. The van der Waals surface area contributed by atoms with E-state index in [9.17, 15) is 9.18 Å². The average molecular weight is 427 g/mol. The smallest absolute Gasteiger partial charge is 0.322 e. The molecule has 0 spiro atoms. The molecule has 2 atom stereocenters. The summed E-state index contributed by atoms with van der Waals surface area (Å²) in [5.74, 6) is 0.644. The molecule has 172 valence electrons. The number of ether oxygens (including phenoxy) is 2. The van der Waals surface area contributed by atoms with Crippen LogP contribution in [0.15, 0.2) is 12.1 Å². The fourth-order valence-electron chi connectivity index (χ4n) is 3.45. The van der Waals surface area contributed by atoms with Crippen LogP contribution < -0.4 is 10.6 Å². The lowest BCUT2D eigenvalue weighted by atomic mass is 10.1. The molecule has 0 saturated carbocycles. The molecule has 8 heteroatoms. The Morgan fingerprint density at radius 3 is 2.60 bits per heavy atom. The molecule has 1 aromatic heterocycles. The van der Waals surface area contributed by atoms with E-state index < -0.39 is 6.17 Å². The molecule has 2 N–H and O–H groups in total. The highest BCUT2D eigenvalue weighted by molar-refractivity contribution is 5.75. The number of carbonyl (C=O) groups excluding carboxylic acids is 1. The number of rotatable bonds is 16. The first-order valence-electron chi connectivity index (χ1n) is 10.8.